The van der Waals surface area contributed by atoms with Gasteiger partial charge in [-0.05, 0) is 7.05 Å². The second-order valence-corrected chi connectivity index (χ2v) is 3.24. The second kappa shape index (κ2) is 6.28. The van der Waals surface area contributed by atoms with Gasteiger partial charge in [-0.1, -0.05) is 11.8 Å². The van der Waals surface area contributed by atoms with Crippen LogP contribution in [0.3, 0.4) is 0 Å². The Kier molecular flexibility index (Phi) is 6.14. The maximum absolute atomic E-state index is 3.94. The van der Waals surface area contributed by atoms with Crippen molar-refractivity contribution in [2.24, 2.45) is 7.05 Å². The van der Waals surface area contributed by atoms with Crippen LogP contribution in [0.25, 0.3) is 0 Å². The zero-order valence-electron chi connectivity index (χ0n) is 7.15. The molecular weight excluding hydrogens is 196 g/mol. The highest BCUT2D eigenvalue weighted by Gasteiger charge is 1.98. The second-order valence-electron chi connectivity index (χ2n) is 2.18. The van der Waals surface area contributed by atoms with Gasteiger partial charge in [0.1, 0.15) is 6.33 Å². The Balaban J connectivity index is 0.00000121. The monoisotopic (exact) mass is 208 g/mol. The molecule has 0 unspecified atom stereocenters. The number of hydrogen-bond acceptors (Lipinski definition) is 4. The Morgan fingerprint density at radius 2 is 2.42 bits per heavy atom. The van der Waals surface area contributed by atoms with Crippen molar-refractivity contribution in [3.05, 3.63) is 6.33 Å². The highest BCUT2D eigenvalue weighted by Crippen LogP contribution is 2.11. The molecular formula is C6H13ClN4S. The topological polar surface area (TPSA) is 42.7 Å². The molecule has 0 aromatic carbocycles. The zero-order valence-corrected chi connectivity index (χ0v) is 8.78. The van der Waals surface area contributed by atoms with Crippen molar-refractivity contribution >= 4 is 24.2 Å². The highest BCUT2D eigenvalue weighted by molar-refractivity contribution is 7.99. The first-order chi connectivity index (χ1) is 5.34. The molecule has 0 atom stereocenters. The lowest BCUT2D eigenvalue weighted by atomic mass is 10.8. The lowest BCUT2D eigenvalue weighted by molar-refractivity contribution is 0.785. The minimum Gasteiger partial charge on any atom is -0.319 e. The van der Waals surface area contributed by atoms with Gasteiger partial charge in [0.2, 0.25) is 0 Å². The summed E-state index contributed by atoms with van der Waals surface area (Å²) in [5, 5.41) is 11.8. The summed E-state index contributed by atoms with van der Waals surface area (Å²) in [6, 6.07) is 0. The number of thioether (sulfide) groups is 1. The lowest BCUT2D eigenvalue weighted by Crippen LogP contribution is -2.10. The highest BCUT2D eigenvalue weighted by atomic mass is 35.5. The molecule has 1 heterocycles. The number of nitrogens with zero attached hydrogens (tertiary/aromatic N) is 3. The van der Waals surface area contributed by atoms with Crippen LogP contribution in [0.4, 0.5) is 0 Å². The van der Waals surface area contributed by atoms with Crippen molar-refractivity contribution in [2.45, 2.75) is 5.16 Å². The average molecular weight is 209 g/mol. The molecule has 70 valence electrons. The standard InChI is InChI=1S/C6H12N4S.ClH/c1-7-3-4-11-6-9-8-5-10(6)2;/h5,7H,3-4H2,1-2H3;1H. The molecule has 0 aliphatic rings. The SMILES string of the molecule is CNCCSc1nncn1C.Cl. The van der Waals surface area contributed by atoms with Crippen LogP contribution < -0.4 is 5.32 Å². The van der Waals surface area contributed by atoms with E-state index in [1.165, 1.54) is 0 Å². The van der Waals surface area contributed by atoms with Crippen LogP contribution in [-0.2, 0) is 7.05 Å². The average Bonchev–Trinajstić information content (AvgIpc) is 2.37. The number of aromatic nitrogens is 3. The van der Waals surface area contributed by atoms with Gasteiger partial charge in [-0.3, -0.25) is 0 Å². The maximum atomic E-state index is 3.94. The van der Waals surface area contributed by atoms with Gasteiger partial charge in [0.15, 0.2) is 5.16 Å². The van der Waals surface area contributed by atoms with Gasteiger partial charge in [0.25, 0.3) is 0 Å². The van der Waals surface area contributed by atoms with Crippen molar-refractivity contribution in [2.75, 3.05) is 19.3 Å². The Bertz CT molecular complexity index is 215. The van der Waals surface area contributed by atoms with E-state index in [2.05, 4.69) is 15.5 Å². The number of halogens is 1. The van der Waals surface area contributed by atoms with Gasteiger partial charge in [0.05, 0.1) is 0 Å². The first kappa shape index (κ1) is 11.7. The summed E-state index contributed by atoms with van der Waals surface area (Å²) in [4.78, 5) is 0. The van der Waals surface area contributed by atoms with Crippen LogP contribution in [0, 0.1) is 0 Å². The number of aryl methyl sites for hydroxylation is 1. The van der Waals surface area contributed by atoms with Crippen LogP contribution in [0.5, 0.6) is 0 Å². The van der Waals surface area contributed by atoms with Gasteiger partial charge in [0, 0.05) is 19.3 Å². The van der Waals surface area contributed by atoms with E-state index in [1.807, 2.05) is 18.7 Å². The summed E-state index contributed by atoms with van der Waals surface area (Å²) in [5.41, 5.74) is 0. The first-order valence-corrected chi connectivity index (χ1v) is 4.44. The first-order valence-electron chi connectivity index (χ1n) is 3.46. The summed E-state index contributed by atoms with van der Waals surface area (Å²) in [5.74, 6) is 1.03. The smallest absolute Gasteiger partial charge is 0.190 e. The Hall–Kier alpha value is -0.260. The van der Waals surface area contributed by atoms with Gasteiger partial charge in [-0.15, -0.1) is 22.6 Å². The summed E-state index contributed by atoms with van der Waals surface area (Å²) in [7, 11) is 3.89. The maximum Gasteiger partial charge on any atom is 0.190 e. The van der Waals surface area contributed by atoms with E-state index < -0.39 is 0 Å². The van der Waals surface area contributed by atoms with Crippen molar-refractivity contribution in [3.8, 4) is 0 Å². The van der Waals surface area contributed by atoms with Crippen molar-refractivity contribution < 1.29 is 0 Å². The third-order valence-electron chi connectivity index (χ3n) is 1.25. The molecule has 1 aromatic heterocycles. The largest absolute Gasteiger partial charge is 0.319 e. The van der Waals surface area contributed by atoms with Gasteiger partial charge < -0.3 is 9.88 Å². The summed E-state index contributed by atoms with van der Waals surface area (Å²) < 4.78 is 1.92. The van der Waals surface area contributed by atoms with E-state index in [1.54, 1.807) is 18.1 Å². The van der Waals surface area contributed by atoms with Crippen molar-refractivity contribution in [1.82, 2.24) is 20.1 Å². The Labute approximate surface area is 82.5 Å². The molecule has 0 saturated heterocycles. The van der Waals surface area contributed by atoms with Crippen LogP contribution in [0.2, 0.25) is 0 Å². The minimum absolute atomic E-state index is 0. The molecule has 0 amide bonds. The lowest BCUT2D eigenvalue weighted by Gasteiger charge is -1.98. The molecule has 0 saturated carbocycles. The summed E-state index contributed by atoms with van der Waals surface area (Å²) >= 11 is 1.71. The molecule has 0 radical (unpaired) electrons. The summed E-state index contributed by atoms with van der Waals surface area (Å²) in [6.07, 6.45) is 1.71. The van der Waals surface area contributed by atoms with E-state index in [9.17, 15) is 0 Å². The fourth-order valence-electron chi connectivity index (χ4n) is 0.648. The summed E-state index contributed by atoms with van der Waals surface area (Å²) in [6.45, 7) is 0.998. The molecule has 1 aromatic rings. The number of hydrogen-bond donors (Lipinski definition) is 1. The van der Waals surface area contributed by atoms with E-state index in [4.69, 9.17) is 0 Å². The van der Waals surface area contributed by atoms with E-state index in [-0.39, 0.29) is 12.4 Å². The number of rotatable bonds is 4. The fourth-order valence-corrected chi connectivity index (χ4v) is 1.49. The van der Waals surface area contributed by atoms with Crippen molar-refractivity contribution in [3.63, 3.8) is 0 Å². The molecule has 0 fully saturated rings. The molecule has 1 rings (SSSR count). The normalized spacial score (nSPS) is 9.50. The molecule has 0 spiro atoms. The van der Waals surface area contributed by atoms with Gasteiger partial charge in [-0.25, -0.2) is 0 Å². The van der Waals surface area contributed by atoms with Crippen molar-refractivity contribution in [1.29, 1.82) is 0 Å². The molecule has 6 heteroatoms. The molecule has 1 N–H and O–H groups in total. The predicted molar refractivity (Wildman–Crippen MR) is 52.9 cm³/mol. The molecule has 12 heavy (non-hydrogen) atoms. The number of nitrogens with one attached hydrogen (secondary N) is 1. The van der Waals surface area contributed by atoms with Crippen LogP contribution in [-0.4, -0.2) is 34.1 Å². The Morgan fingerprint density at radius 1 is 1.67 bits per heavy atom. The van der Waals surface area contributed by atoms with Gasteiger partial charge >= 0.3 is 0 Å². The third kappa shape index (κ3) is 3.42. The Morgan fingerprint density at radius 3 is 2.92 bits per heavy atom. The predicted octanol–water partition coefficient (Wildman–Crippen LogP) is 0.548. The van der Waals surface area contributed by atoms with E-state index >= 15 is 0 Å². The van der Waals surface area contributed by atoms with Crippen LogP contribution in [0.15, 0.2) is 11.5 Å². The van der Waals surface area contributed by atoms with Gasteiger partial charge in [-0.2, -0.15) is 0 Å². The van der Waals surface area contributed by atoms with E-state index in [0.717, 1.165) is 17.5 Å². The third-order valence-corrected chi connectivity index (χ3v) is 2.29. The van der Waals surface area contributed by atoms with E-state index in [0.29, 0.717) is 0 Å². The van der Waals surface area contributed by atoms with Crippen LogP contribution >= 0.6 is 24.2 Å². The molecule has 0 bridgehead atoms. The quantitative estimate of drug-likeness (QED) is 0.580. The fraction of sp³-hybridized carbons (Fsp3) is 0.667. The molecule has 4 nitrogen and oxygen atoms in total. The molecule has 0 aliphatic heterocycles. The zero-order chi connectivity index (χ0) is 8.10. The minimum atomic E-state index is 0. The molecule has 0 aliphatic carbocycles. The van der Waals surface area contributed by atoms with Crippen LogP contribution in [0.1, 0.15) is 0 Å².